The van der Waals surface area contributed by atoms with Gasteiger partial charge < -0.3 is 25.2 Å². The Morgan fingerprint density at radius 3 is 2.03 bits per heavy atom. The van der Waals surface area contributed by atoms with Gasteiger partial charge in [-0.2, -0.15) is 0 Å². The number of fused-ring (bicyclic) bond motifs is 3. The fraction of sp³-hybridized carbons (Fsp3) is 0.444. The average molecular weight is 483 g/mol. The number of amides is 2. The second-order valence-electron chi connectivity index (χ2n) is 9.69. The van der Waals surface area contributed by atoms with Crippen LogP contribution in [0.2, 0.25) is 0 Å². The fourth-order valence-corrected chi connectivity index (χ4v) is 4.77. The van der Waals surface area contributed by atoms with Crippen LogP contribution in [0.1, 0.15) is 44.7 Å². The first-order chi connectivity index (χ1) is 16.6. The van der Waals surface area contributed by atoms with Crippen LogP contribution in [0.15, 0.2) is 48.5 Å². The molecule has 2 unspecified atom stereocenters. The third-order valence-corrected chi connectivity index (χ3v) is 6.65. The van der Waals surface area contributed by atoms with Crippen molar-refractivity contribution in [2.45, 2.75) is 45.8 Å². The van der Waals surface area contributed by atoms with Crippen LogP contribution >= 0.6 is 0 Å². The number of carboxylic acids is 1. The summed E-state index contributed by atoms with van der Waals surface area (Å²) in [6.45, 7) is 7.21. The van der Waals surface area contributed by atoms with E-state index in [1.165, 1.54) is 7.11 Å². The van der Waals surface area contributed by atoms with E-state index in [-0.39, 0.29) is 25.0 Å². The topological polar surface area (TPSA) is 114 Å². The SMILES string of the molecule is COC(CNC(=O)C(C)(C)C(NC(=O)OCC1c2ccccc2-c2ccccc21)C(C)C)C(=O)O. The van der Waals surface area contributed by atoms with Crippen molar-refractivity contribution in [2.24, 2.45) is 11.3 Å². The molecule has 0 spiro atoms. The molecular formula is C27H34N2O6. The molecule has 0 bridgehead atoms. The summed E-state index contributed by atoms with van der Waals surface area (Å²) in [6.07, 6.45) is -1.76. The molecule has 0 saturated heterocycles. The molecular weight excluding hydrogens is 448 g/mol. The van der Waals surface area contributed by atoms with E-state index < -0.39 is 35.5 Å². The van der Waals surface area contributed by atoms with Gasteiger partial charge in [0, 0.05) is 19.1 Å². The highest BCUT2D eigenvalue weighted by Crippen LogP contribution is 2.44. The molecule has 0 saturated carbocycles. The van der Waals surface area contributed by atoms with Crippen LogP contribution in [-0.2, 0) is 19.1 Å². The number of carbonyl (C=O) groups excluding carboxylic acids is 2. The zero-order valence-corrected chi connectivity index (χ0v) is 20.8. The third-order valence-electron chi connectivity index (χ3n) is 6.65. The predicted molar refractivity (Wildman–Crippen MR) is 132 cm³/mol. The predicted octanol–water partition coefficient (Wildman–Crippen LogP) is 3.79. The standard InChI is InChI=1S/C27H34N2O6/c1-16(2)23(27(3,4)25(32)28-14-22(34-5)24(30)31)29-26(33)35-15-21-19-12-8-6-10-17(19)18-11-7-9-13-20(18)21/h6-13,16,21-23H,14-15H2,1-5H3,(H,28,32)(H,29,33)(H,30,31). The highest BCUT2D eigenvalue weighted by atomic mass is 16.5. The summed E-state index contributed by atoms with van der Waals surface area (Å²) in [5.74, 6) is -1.71. The number of methoxy groups -OCH3 is 1. The van der Waals surface area contributed by atoms with Gasteiger partial charge >= 0.3 is 12.1 Å². The zero-order chi connectivity index (χ0) is 25.8. The van der Waals surface area contributed by atoms with Gasteiger partial charge in [-0.3, -0.25) is 4.79 Å². The summed E-state index contributed by atoms with van der Waals surface area (Å²) >= 11 is 0. The smallest absolute Gasteiger partial charge is 0.407 e. The van der Waals surface area contributed by atoms with Crippen LogP contribution in [-0.4, -0.2) is 55.5 Å². The number of ether oxygens (including phenoxy) is 2. The summed E-state index contributed by atoms with van der Waals surface area (Å²) < 4.78 is 10.5. The van der Waals surface area contributed by atoms with E-state index in [4.69, 9.17) is 14.6 Å². The highest BCUT2D eigenvalue weighted by molar-refractivity contribution is 5.84. The number of benzene rings is 2. The molecule has 0 aromatic heterocycles. The van der Waals surface area contributed by atoms with E-state index in [9.17, 15) is 14.4 Å². The maximum absolute atomic E-state index is 12.9. The largest absolute Gasteiger partial charge is 0.479 e. The van der Waals surface area contributed by atoms with Crippen LogP contribution in [0.4, 0.5) is 4.79 Å². The Balaban J connectivity index is 1.66. The molecule has 0 heterocycles. The van der Waals surface area contributed by atoms with E-state index in [0.717, 1.165) is 22.3 Å². The van der Waals surface area contributed by atoms with E-state index >= 15 is 0 Å². The molecule has 35 heavy (non-hydrogen) atoms. The maximum Gasteiger partial charge on any atom is 0.407 e. The van der Waals surface area contributed by atoms with E-state index in [2.05, 4.69) is 34.9 Å². The number of alkyl carbamates (subject to hydrolysis) is 1. The maximum atomic E-state index is 12.9. The normalized spacial score (nSPS) is 14.6. The number of hydrogen-bond donors (Lipinski definition) is 3. The first-order valence-electron chi connectivity index (χ1n) is 11.7. The van der Waals surface area contributed by atoms with Crippen LogP contribution in [0.3, 0.4) is 0 Å². The molecule has 0 aliphatic heterocycles. The van der Waals surface area contributed by atoms with Crippen molar-refractivity contribution in [2.75, 3.05) is 20.3 Å². The average Bonchev–Trinajstić information content (AvgIpc) is 3.14. The van der Waals surface area contributed by atoms with E-state index in [1.807, 2.05) is 38.1 Å². The first-order valence-corrected chi connectivity index (χ1v) is 11.7. The minimum atomic E-state index is -1.16. The van der Waals surface area contributed by atoms with Crippen molar-refractivity contribution in [1.29, 1.82) is 0 Å². The molecule has 8 nitrogen and oxygen atoms in total. The molecule has 3 rings (SSSR count). The molecule has 1 aliphatic rings. The molecule has 0 fully saturated rings. The zero-order valence-electron chi connectivity index (χ0n) is 20.8. The molecule has 1 aliphatic carbocycles. The number of carboxylic acid groups (broad SMARTS) is 1. The Hall–Kier alpha value is -3.39. The highest BCUT2D eigenvalue weighted by Gasteiger charge is 2.40. The summed E-state index contributed by atoms with van der Waals surface area (Å²) in [5.41, 5.74) is 3.49. The van der Waals surface area contributed by atoms with Gasteiger partial charge in [0.2, 0.25) is 5.91 Å². The van der Waals surface area contributed by atoms with Gasteiger partial charge in [0.25, 0.3) is 0 Å². The second-order valence-corrected chi connectivity index (χ2v) is 9.69. The van der Waals surface area contributed by atoms with Gasteiger partial charge in [0.1, 0.15) is 6.61 Å². The van der Waals surface area contributed by atoms with Crippen molar-refractivity contribution in [1.82, 2.24) is 10.6 Å². The Bertz CT molecular complexity index is 1040. The van der Waals surface area contributed by atoms with Gasteiger partial charge in [0.05, 0.1) is 12.0 Å². The number of hydrogen-bond acceptors (Lipinski definition) is 5. The lowest BCUT2D eigenvalue weighted by Crippen LogP contribution is -2.56. The molecule has 2 aromatic rings. The monoisotopic (exact) mass is 482 g/mol. The molecule has 2 atom stereocenters. The van der Waals surface area contributed by atoms with Crippen LogP contribution in [0.25, 0.3) is 11.1 Å². The lowest BCUT2D eigenvalue weighted by molar-refractivity contribution is -0.148. The van der Waals surface area contributed by atoms with Crippen molar-refractivity contribution in [3.05, 3.63) is 59.7 Å². The van der Waals surface area contributed by atoms with E-state index in [1.54, 1.807) is 13.8 Å². The fourth-order valence-electron chi connectivity index (χ4n) is 4.77. The quantitative estimate of drug-likeness (QED) is 0.475. The van der Waals surface area contributed by atoms with E-state index in [0.29, 0.717) is 0 Å². The first kappa shape index (κ1) is 26.2. The van der Waals surface area contributed by atoms with Gasteiger partial charge in [-0.05, 0) is 42.0 Å². The lowest BCUT2D eigenvalue weighted by Gasteiger charge is -2.36. The Labute approximate surface area is 206 Å². The Morgan fingerprint density at radius 2 is 1.54 bits per heavy atom. The van der Waals surface area contributed by atoms with Crippen LogP contribution in [0.5, 0.6) is 0 Å². The van der Waals surface area contributed by atoms with Crippen LogP contribution < -0.4 is 10.6 Å². The van der Waals surface area contributed by atoms with Gasteiger partial charge in [0.15, 0.2) is 6.10 Å². The summed E-state index contributed by atoms with van der Waals surface area (Å²) in [7, 11) is 1.27. The molecule has 2 aromatic carbocycles. The Morgan fingerprint density at radius 1 is 1.00 bits per heavy atom. The minimum absolute atomic E-state index is 0.0658. The molecule has 0 radical (unpaired) electrons. The minimum Gasteiger partial charge on any atom is -0.479 e. The number of rotatable bonds is 10. The van der Waals surface area contributed by atoms with Crippen molar-refractivity contribution < 1.29 is 29.0 Å². The van der Waals surface area contributed by atoms with Gasteiger partial charge in [-0.25, -0.2) is 9.59 Å². The molecule has 3 N–H and O–H groups in total. The lowest BCUT2D eigenvalue weighted by atomic mass is 9.77. The number of carbonyl (C=O) groups is 3. The summed E-state index contributed by atoms with van der Waals surface area (Å²) in [6, 6.07) is 15.6. The second kappa shape index (κ2) is 10.9. The van der Waals surface area contributed by atoms with Gasteiger partial charge in [-0.1, -0.05) is 62.4 Å². The number of aliphatic carboxylic acids is 1. The molecule has 8 heteroatoms. The van der Waals surface area contributed by atoms with Crippen LogP contribution in [0, 0.1) is 11.3 Å². The van der Waals surface area contributed by atoms with Gasteiger partial charge in [-0.15, -0.1) is 0 Å². The summed E-state index contributed by atoms with van der Waals surface area (Å²) in [4.78, 5) is 36.9. The Kier molecular flexibility index (Phi) is 8.17. The van der Waals surface area contributed by atoms with Crippen molar-refractivity contribution >= 4 is 18.0 Å². The van der Waals surface area contributed by atoms with Crippen molar-refractivity contribution in [3.8, 4) is 11.1 Å². The number of nitrogens with one attached hydrogen (secondary N) is 2. The molecule has 188 valence electrons. The third kappa shape index (κ3) is 5.65. The summed E-state index contributed by atoms with van der Waals surface area (Å²) in [5, 5.41) is 14.6. The molecule has 2 amide bonds. The van der Waals surface area contributed by atoms with Crippen molar-refractivity contribution in [3.63, 3.8) is 0 Å².